The number of rotatable bonds is 4. The topological polar surface area (TPSA) is 77.9 Å². The Balaban J connectivity index is 1.96. The Hall–Kier alpha value is -3.15. The second kappa shape index (κ2) is 6.76. The zero-order chi connectivity index (χ0) is 18.0. The fraction of sp³-hybridized carbons (Fsp3) is 0.211. The molecular weight excluding hydrogens is 320 g/mol. The number of benzene rings is 2. The van der Waals surface area contributed by atoms with Crippen molar-refractivity contribution < 1.29 is 19.5 Å². The largest absolute Gasteiger partial charge is 0.508 e. The van der Waals surface area contributed by atoms with Crippen LogP contribution < -0.4 is 4.90 Å². The van der Waals surface area contributed by atoms with Crippen molar-refractivity contribution in [3.8, 4) is 5.75 Å². The van der Waals surface area contributed by atoms with Crippen molar-refractivity contribution in [1.29, 1.82) is 0 Å². The number of hydrogen-bond acceptors (Lipinski definition) is 4. The number of nitrogens with zero attached hydrogens (tertiary/aromatic N) is 2. The van der Waals surface area contributed by atoms with Gasteiger partial charge in [0.1, 0.15) is 11.8 Å². The molecule has 0 saturated carbocycles. The summed E-state index contributed by atoms with van der Waals surface area (Å²) in [5.41, 5.74) is 1.20. The SMILES string of the molecule is CCC(=O)N1C(=O)N(c2ccccc2)C(=O)[C@@H]1Cc1ccc(O)cc1. The van der Waals surface area contributed by atoms with E-state index in [9.17, 15) is 19.5 Å². The van der Waals surface area contributed by atoms with Gasteiger partial charge in [0.2, 0.25) is 5.91 Å². The highest BCUT2D eigenvalue weighted by molar-refractivity contribution is 6.25. The van der Waals surface area contributed by atoms with E-state index >= 15 is 0 Å². The molecule has 2 aromatic rings. The van der Waals surface area contributed by atoms with E-state index in [4.69, 9.17) is 0 Å². The summed E-state index contributed by atoms with van der Waals surface area (Å²) in [6, 6.07) is 13.4. The molecule has 0 aliphatic carbocycles. The number of anilines is 1. The number of imide groups is 2. The van der Waals surface area contributed by atoms with Gasteiger partial charge in [0, 0.05) is 12.8 Å². The molecule has 2 aromatic carbocycles. The highest BCUT2D eigenvalue weighted by atomic mass is 16.3. The highest BCUT2D eigenvalue weighted by Gasteiger charge is 2.48. The predicted molar refractivity (Wildman–Crippen MR) is 92.1 cm³/mol. The Bertz CT molecular complexity index is 802. The summed E-state index contributed by atoms with van der Waals surface area (Å²) < 4.78 is 0. The van der Waals surface area contributed by atoms with Gasteiger partial charge in [-0.15, -0.1) is 0 Å². The molecule has 0 bridgehead atoms. The van der Waals surface area contributed by atoms with Crippen LogP contribution in [0.2, 0.25) is 0 Å². The zero-order valence-electron chi connectivity index (χ0n) is 13.8. The van der Waals surface area contributed by atoms with Crippen LogP contribution in [0, 0.1) is 0 Å². The Morgan fingerprint density at radius 3 is 2.28 bits per heavy atom. The minimum absolute atomic E-state index is 0.116. The van der Waals surface area contributed by atoms with Gasteiger partial charge in [0.05, 0.1) is 5.69 Å². The first-order valence-corrected chi connectivity index (χ1v) is 8.06. The van der Waals surface area contributed by atoms with Gasteiger partial charge < -0.3 is 5.11 Å². The number of aromatic hydroxyl groups is 1. The first-order valence-electron chi connectivity index (χ1n) is 8.06. The van der Waals surface area contributed by atoms with Crippen molar-refractivity contribution in [2.75, 3.05) is 4.90 Å². The van der Waals surface area contributed by atoms with E-state index in [0.717, 1.165) is 15.4 Å². The summed E-state index contributed by atoms with van der Waals surface area (Å²) in [7, 11) is 0. The number of para-hydroxylation sites is 1. The Labute approximate surface area is 145 Å². The molecule has 1 fully saturated rings. The first-order chi connectivity index (χ1) is 12.0. The van der Waals surface area contributed by atoms with Gasteiger partial charge in [0.15, 0.2) is 0 Å². The smallest absolute Gasteiger partial charge is 0.338 e. The average Bonchev–Trinajstić information content (AvgIpc) is 2.87. The lowest BCUT2D eigenvalue weighted by atomic mass is 10.0. The van der Waals surface area contributed by atoms with E-state index in [2.05, 4.69) is 0 Å². The fourth-order valence-corrected chi connectivity index (χ4v) is 2.89. The molecule has 1 aliphatic heterocycles. The van der Waals surface area contributed by atoms with Gasteiger partial charge in [-0.1, -0.05) is 37.3 Å². The van der Waals surface area contributed by atoms with Crippen LogP contribution in [0.25, 0.3) is 0 Å². The summed E-state index contributed by atoms with van der Waals surface area (Å²) in [6.07, 6.45) is 0.341. The van der Waals surface area contributed by atoms with Crippen molar-refractivity contribution >= 4 is 23.5 Å². The molecule has 0 aromatic heterocycles. The van der Waals surface area contributed by atoms with Crippen LogP contribution in [0.3, 0.4) is 0 Å². The number of carbonyl (C=O) groups excluding carboxylic acids is 3. The van der Waals surface area contributed by atoms with Gasteiger partial charge in [-0.05, 0) is 29.8 Å². The molecular formula is C19H18N2O4. The third-order valence-corrected chi connectivity index (χ3v) is 4.17. The summed E-state index contributed by atoms with van der Waals surface area (Å²) >= 11 is 0. The van der Waals surface area contributed by atoms with Crippen LogP contribution in [-0.2, 0) is 16.0 Å². The Morgan fingerprint density at radius 1 is 1.04 bits per heavy atom. The van der Waals surface area contributed by atoms with Crippen LogP contribution in [0.4, 0.5) is 10.5 Å². The van der Waals surface area contributed by atoms with E-state index in [-0.39, 0.29) is 24.5 Å². The van der Waals surface area contributed by atoms with Gasteiger partial charge in [-0.25, -0.2) is 9.69 Å². The quantitative estimate of drug-likeness (QED) is 0.870. The molecule has 0 radical (unpaired) electrons. The average molecular weight is 338 g/mol. The number of amides is 4. The molecule has 3 rings (SSSR count). The standard InChI is InChI=1S/C19H18N2O4/c1-2-17(23)21-16(12-13-8-10-15(22)11-9-13)18(24)20(19(21)25)14-6-4-3-5-7-14/h3-11,16,22H,2,12H2,1H3/t16-/m0/s1. The molecule has 1 N–H and O–H groups in total. The van der Waals surface area contributed by atoms with Crippen molar-refractivity contribution in [3.05, 3.63) is 60.2 Å². The molecule has 6 nitrogen and oxygen atoms in total. The Morgan fingerprint density at radius 2 is 1.68 bits per heavy atom. The Kier molecular flexibility index (Phi) is 4.52. The van der Waals surface area contributed by atoms with Crippen molar-refractivity contribution in [2.24, 2.45) is 0 Å². The van der Waals surface area contributed by atoms with Gasteiger partial charge >= 0.3 is 6.03 Å². The zero-order valence-corrected chi connectivity index (χ0v) is 13.8. The number of phenols is 1. The first kappa shape index (κ1) is 16.7. The lowest BCUT2D eigenvalue weighted by Gasteiger charge is -2.19. The van der Waals surface area contributed by atoms with E-state index < -0.39 is 18.0 Å². The lowest BCUT2D eigenvalue weighted by molar-refractivity contribution is -0.132. The summed E-state index contributed by atoms with van der Waals surface area (Å²) in [4.78, 5) is 40.0. The second-order valence-electron chi connectivity index (χ2n) is 5.80. The minimum Gasteiger partial charge on any atom is -0.508 e. The van der Waals surface area contributed by atoms with Crippen molar-refractivity contribution in [3.63, 3.8) is 0 Å². The van der Waals surface area contributed by atoms with Crippen molar-refractivity contribution in [1.82, 2.24) is 4.90 Å². The molecule has 25 heavy (non-hydrogen) atoms. The van der Waals surface area contributed by atoms with Gasteiger partial charge in [0.25, 0.3) is 5.91 Å². The van der Waals surface area contributed by atoms with E-state index in [1.807, 2.05) is 0 Å². The van der Waals surface area contributed by atoms with E-state index in [0.29, 0.717) is 5.69 Å². The second-order valence-corrected chi connectivity index (χ2v) is 5.80. The minimum atomic E-state index is -0.885. The maximum Gasteiger partial charge on any atom is 0.338 e. The number of urea groups is 1. The highest BCUT2D eigenvalue weighted by Crippen LogP contribution is 2.28. The van der Waals surface area contributed by atoms with Crippen LogP contribution in [0.5, 0.6) is 5.75 Å². The van der Waals surface area contributed by atoms with Crippen molar-refractivity contribution in [2.45, 2.75) is 25.8 Å². The molecule has 0 unspecified atom stereocenters. The molecule has 0 spiro atoms. The molecule has 4 amide bonds. The monoisotopic (exact) mass is 338 g/mol. The predicted octanol–water partition coefficient (Wildman–Crippen LogP) is 2.71. The van der Waals surface area contributed by atoms with E-state index in [1.54, 1.807) is 49.4 Å². The number of hydrogen-bond donors (Lipinski definition) is 1. The normalized spacial score (nSPS) is 17.2. The van der Waals surface area contributed by atoms with Gasteiger partial charge in [-0.3, -0.25) is 14.5 Å². The third kappa shape index (κ3) is 3.10. The molecule has 128 valence electrons. The molecule has 1 atom stereocenters. The van der Waals surface area contributed by atoms with Crippen LogP contribution in [0.1, 0.15) is 18.9 Å². The van der Waals surface area contributed by atoms with Crippen LogP contribution >= 0.6 is 0 Å². The van der Waals surface area contributed by atoms with Gasteiger partial charge in [-0.2, -0.15) is 0 Å². The number of carbonyl (C=O) groups is 3. The molecule has 6 heteroatoms. The third-order valence-electron chi connectivity index (χ3n) is 4.17. The molecule has 1 saturated heterocycles. The summed E-state index contributed by atoms with van der Waals surface area (Å²) in [5, 5.41) is 9.39. The number of phenolic OH excluding ortho intramolecular Hbond substituents is 1. The fourth-order valence-electron chi connectivity index (χ4n) is 2.89. The maximum absolute atomic E-state index is 12.9. The summed E-state index contributed by atoms with van der Waals surface area (Å²) in [5.74, 6) is -0.698. The lowest BCUT2D eigenvalue weighted by Crippen LogP contribution is -2.41. The van der Waals surface area contributed by atoms with Crippen LogP contribution in [0.15, 0.2) is 54.6 Å². The maximum atomic E-state index is 12.9. The summed E-state index contributed by atoms with van der Waals surface area (Å²) in [6.45, 7) is 1.66. The molecule has 1 aliphatic rings. The van der Waals surface area contributed by atoms with Crippen LogP contribution in [-0.4, -0.2) is 33.9 Å². The molecule has 1 heterocycles. The van der Waals surface area contributed by atoms with E-state index in [1.165, 1.54) is 12.1 Å².